The molecule has 1 atom stereocenters. The summed E-state index contributed by atoms with van der Waals surface area (Å²) >= 11 is 0. The maximum atomic E-state index is 11.7. The van der Waals surface area contributed by atoms with Gasteiger partial charge in [-0.15, -0.1) is 12.4 Å². The molecule has 8 heteroatoms. The van der Waals surface area contributed by atoms with E-state index in [4.69, 9.17) is 5.73 Å². The molecule has 0 aliphatic heterocycles. The molecule has 0 bridgehead atoms. The molecule has 0 radical (unpaired) electrons. The Labute approximate surface area is 103 Å². The largest absolute Gasteiger partial charge is 0.411 e. The van der Waals surface area contributed by atoms with Gasteiger partial charge in [-0.2, -0.15) is 13.2 Å². The molecule has 0 aromatic carbocycles. The second-order valence-electron chi connectivity index (χ2n) is 3.91. The number of hydrogen-bond donors (Lipinski definition) is 2. The van der Waals surface area contributed by atoms with E-state index in [-0.39, 0.29) is 18.4 Å². The van der Waals surface area contributed by atoms with Gasteiger partial charge in [-0.1, -0.05) is 0 Å². The van der Waals surface area contributed by atoms with Gasteiger partial charge in [0.25, 0.3) is 0 Å². The maximum absolute atomic E-state index is 11.7. The van der Waals surface area contributed by atoms with Crippen molar-refractivity contribution in [2.45, 2.75) is 25.1 Å². The van der Waals surface area contributed by atoms with Crippen molar-refractivity contribution in [2.24, 2.45) is 11.7 Å². The zero-order valence-electron chi connectivity index (χ0n) is 9.13. The van der Waals surface area contributed by atoms with Crippen molar-refractivity contribution in [2.75, 3.05) is 19.8 Å². The van der Waals surface area contributed by atoms with Crippen LogP contribution >= 0.6 is 12.4 Å². The average molecular weight is 277 g/mol. The summed E-state index contributed by atoms with van der Waals surface area (Å²) in [5.41, 5.74) is 5.69. The van der Waals surface area contributed by atoms with E-state index in [1.807, 2.05) is 0 Å². The molecule has 4 nitrogen and oxygen atoms in total. The molecular formula is C9H16ClF3N2O2. The number of carbonyl (C=O) groups is 1. The highest BCUT2D eigenvalue weighted by atomic mass is 35.5. The smallest absolute Gasteiger partial charge is 0.362 e. The zero-order chi connectivity index (χ0) is 12.2. The summed E-state index contributed by atoms with van der Waals surface area (Å²) < 4.78 is 39.2. The van der Waals surface area contributed by atoms with Gasteiger partial charge < -0.3 is 15.8 Å². The van der Waals surface area contributed by atoms with E-state index in [0.717, 1.165) is 12.8 Å². The lowest BCUT2D eigenvalue weighted by atomic mass is 10.2. The van der Waals surface area contributed by atoms with Crippen molar-refractivity contribution >= 4 is 18.3 Å². The van der Waals surface area contributed by atoms with Gasteiger partial charge in [0, 0.05) is 12.6 Å². The van der Waals surface area contributed by atoms with Gasteiger partial charge in [0.15, 0.2) is 0 Å². The molecule has 17 heavy (non-hydrogen) atoms. The molecule has 102 valence electrons. The fourth-order valence-electron chi connectivity index (χ4n) is 1.23. The number of amides is 1. The lowest BCUT2D eigenvalue weighted by Gasteiger charge is -2.12. The number of rotatable bonds is 6. The molecule has 1 rings (SSSR count). The van der Waals surface area contributed by atoms with Crippen molar-refractivity contribution in [3.8, 4) is 0 Å². The van der Waals surface area contributed by atoms with Gasteiger partial charge in [0.2, 0.25) is 5.91 Å². The second kappa shape index (κ2) is 7.03. The molecule has 0 saturated heterocycles. The minimum atomic E-state index is -4.40. The Hall–Kier alpha value is -0.530. The van der Waals surface area contributed by atoms with E-state index in [1.165, 1.54) is 0 Å². The predicted octanol–water partition coefficient (Wildman–Crippen LogP) is 0.841. The summed E-state index contributed by atoms with van der Waals surface area (Å²) in [4.78, 5) is 11.0. The third-order valence-electron chi connectivity index (χ3n) is 2.26. The fraction of sp³-hybridized carbons (Fsp3) is 0.889. The van der Waals surface area contributed by atoms with E-state index in [9.17, 15) is 18.0 Å². The van der Waals surface area contributed by atoms with Crippen molar-refractivity contribution in [3.05, 3.63) is 0 Å². The number of alkyl halides is 3. The predicted molar refractivity (Wildman–Crippen MR) is 57.8 cm³/mol. The Morgan fingerprint density at radius 1 is 1.47 bits per heavy atom. The van der Waals surface area contributed by atoms with Crippen LogP contribution in [0.5, 0.6) is 0 Å². The number of halogens is 4. The molecule has 0 spiro atoms. The minimum Gasteiger partial charge on any atom is -0.362 e. The monoisotopic (exact) mass is 276 g/mol. The summed E-state index contributed by atoms with van der Waals surface area (Å²) in [7, 11) is 0. The molecule has 0 heterocycles. The van der Waals surface area contributed by atoms with Crippen LogP contribution in [0, 0.1) is 5.92 Å². The Morgan fingerprint density at radius 2 is 2.06 bits per heavy atom. The van der Waals surface area contributed by atoms with Gasteiger partial charge in [-0.3, -0.25) is 4.79 Å². The van der Waals surface area contributed by atoms with Crippen LogP contribution in [0.4, 0.5) is 13.2 Å². The van der Waals surface area contributed by atoms with E-state index in [1.54, 1.807) is 0 Å². The maximum Gasteiger partial charge on any atom is 0.411 e. The Morgan fingerprint density at radius 3 is 2.53 bits per heavy atom. The van der Waals surface area contributed by atoms with Gasteiger partial charge in [-0.25, -0.2) is 0 Å². The summed E-state index contributed by atoms with van der Waals surface area (Å²) in [6.45, 7) is -1.70. The van der Waals surface area contributed by atoms with E-state index >= 15 is 0 Å². The Bertz CT molecular complexity index is 247. The first-order chi connectivity index (χ1) is 7.38. The number of nitrogens with two attached hydrogens (primary N) is 1. The van der Waals surface area contributed by atoms with Crippen LogP contribution in [0.2, 0.25) is 0 Å². The van der Waals surface area contributed by atoms with Crippen molar-refractivity contribution in [1.29, 1.82) is 0 Å². The van der Waals surface area contributed by atoms with Gasteiger partial charge >= 0.3 is 6.18 Å². The van der Waals surface area contributed by atoms with Gasteiger partial charge in [0.05, 0.1) is 0 Å². The molecular weight excluding hydrogens is 261 g/mol. The second-order valence-corrected chi connectivity index (χ2v) is 3.91. The van der Waals surface area contributed by atoms with Crippen LogP contribution in [0.1, 0.15) is 12.8 Å². The SMILES string of the molecule is Cl.NC(CNC(=O)COCC(F)(F)F)C1CC1. The highest BCUT2D eigenvalue weighted by Gasteiger charge is 2.29. The summed E-state index contributed by atoms with van der Waals surface area (Å²) in [5, 5.41) is 2.43. The highest BCUT2D eigenvalue weighted by molar-refractivity contribution is 5.85. The van der Waals surface area contributed by atoms with Crippen molar-refractivity contribution in [3.63, 3.8) is 0 Å². The number of hydrogen-bond acceptors (Lipinski definition) is 3. The first-order valence-electron chi connectivity index (χ1n) is 5.05. The Kier molecular flexibility index (Phi) is 6.81. The first-order valence-corrected chi connectivity index (χ1v) is 5.05. The lowest BCUT2D eigenvalue weighted by Crippen LogP contribution is -2.40. The number of nitrogens with one attached hydrogen (secondary N) is 1. The van der Waals surface area contributed by atoms with E-state index < -0.39 is 25.3 Å². The van der Waals surface area contributed by atoms with Crippen LogP contribution in [0.15, 0.2) is 0 Å². The van der Waals surface area contributed by atoms with Gasteiger partial charge in [-0.05, 0) is 18.8 Å². The van der Waals surface area contributed by atoms with E-state index in [0.29, 0.717) is 12.5 Å². The van der Waals surface area contributed by atoms with E-state index in [2.05, 4.69) is 10.1 Å². The summed E-state index contributed by atoms with van der Waals surface area (Å²) in [6.07, 6.45) is -2.28. The summed E-state index contributed by atoms with van der Waals surface area (Å²) in [5.74, 6) is -0.128. The third kappa shape index (κ3) is 8.23. The molecule has 0 aromatic heterocycles. The van der Waals surface area contributed by atoms with Crippen LogP contribution in [0.3, 0.4) is 0 Å². The molecule has 0 aromatic rings. The first kappa shape index (κ1) is 16.5. The summed E-state index contributed by atoms with van der Waals surface area (Å²) in [6, 6.07) is -0.105. The molecule has 1 aliphatic rings. The minimum absolute atomic E-state index is 0. The molecule has 1 fully saturated rings. The molecule has 3 N–H and O–H groups in total. The Balaban J connectivity index is 0.00000256. The van der Waals surface area contributed by atoms with Crippen LogP contribution in [-0.2, 0) is 9.53 Å². The van der Waals surface area contributed by atoms with Crippen LogP contribution < -0.4 is 11.1 Å². The normalized spacial score (nSPS) is 17.2. The van der Waals surface area contributed by atoms with Crippen molar-refractivity contribution < 1.29 is 22.7 Å². The molecule has 1 aliphatic carbocycles. The molecule has 1 unspecified atom stereocenters. The average Bonchev–Trinajstić information content (AvgIpc) is 2.95. The molecule has 1 saturated carbocycles. The zero-order valence-corrected chi connectivity index (χ0v) is 9.94. The fourth-order valence-corrected chi connectivity index (χ4v) is 1.23. The van der Waals surface area contributed by atoms with Crippen molar-refractivity contribution in [1.82, 2.24) is 5.32 Å². The van der Waals surface area contributed by atoms with Crippen LogP contribution in [-0.4, -0.2) is 37.9 Å². The standard InChI is InChI=1S/C9H15F3N2O2.ClH/c10-9(11,12)5-16-4-8(15)14-3-7(13)6-1-2-6;/h6-7H,1-5,13H2,(H,14,15);1H. The number of ether oxygens (including phenoxy) is 1. The highest BCUT2D eigenvalue weighted by Crippen LogP contribution is 2.31. The molecule has 1 amide bonds. The quantitative estimate of drug-likeness (QED) is 0.756. The van der Waals surface area contributed by atoms with Gasteiger partial charge in [0.1, 0.15) is 13.2 Å². The number of carbonyl (C=O) groups excluding carboxylic acids is 1. The topological polar surface area (TPSA) is 64.3 Å². The van der Waals surface area contributed by atoms with Crippen LogP contribution in [0.25, 0.3) is 0 Å². The third-order valence-corrected chi connectivity index (χ3v) is 2.26. The lowest BCUT2D eigenvalue weighted by molar-refractivity contribution is -0.175.